The van der Waals surface area contributed by atoms with E-state index in [1.807, 2.05) is 0 Å². The first-order valence-electron chi connectivity index (χ1n) is 5.86. The lowest BCUT2D eigenvalue weighted by molar-refractivity contribution is 0.0949. The molecule has 7 heteroatoms. The standard InChI is InChI=1S/C13H13N5O2/c1-18-9-16-17-12(18)8-15-13(20)11-5-10(3-2-4-19)6-14-7-11/h5-7,9,19H,4,8H2,1H3,(H,15,20). The Morgan fingerprint density at radius 3 is 3.05 bits per heavy atom. The molecule has 1 amide bonds. The van der Waals surface area contributed by atoms with Gasteiger partial charge in [0.2, 0.25) is 0 Å². The van der Waals surface area contributed by atoms with Crippen LogP contribution in [0.5, 0.6) is 0 Å². The van der Waals surface area contributed by atoms with Crippen LogP contribution in [0.3, 0.4) is 0 Å². The Balaban J connectivity index is 2.04. The van der Waals surface area contributed by atoms with Crippen molar-refractivity contribution in [3.63, 3.8) is 0 Å². The van der Waals surface area contributed by atoms with E-state index in [2.05, 4.69) is 32.3 Å². The fourth-order valence-corrected chi connectivity index (χ4v) is 1.50. The molecule has 20 heavy (non-hydrogen) atoms. The molecular weight excluding hydrogens is 258 g/mol. The van der Waals surface area contributed by atoms with Gasteiger partial charge in [-0.1, -0.05) is 11.8 Å². The van der Waals surface area contributed by atoms with Crippen LogP contribution < -0.4 is 5.32 Å². The molecule has 0 atom stereocenters. The van der Waals surface area contributed by atoms with Crippen LogP contribution in [0.15, 0.2) is 24.8 Å². The maximum Gasteiger partial charge on any atom is 0.253 e. The number of hydrogen-bond acceptors (Lipinski definition) is 5. The summed E-state index contributed by atoms with van der Waals surface area (Å²) in [6.45, 7) is 0.0461. The van der Waals surface area contributed by atoms with E-state index >= 15 is 0 Å². The molecule has 2 N–H and O–H groups in total. The van der Waals surface area contributed by atoms with E-state index < -0.39 is 0 Å². The molecular formula is C13H13N5O2. The van der Waals surface area contributed by atoms with E-state index in [0.717, 1.165) is 0 Å². The number of aliphatic hydroxyl groups is 1. The lowest BCUT2D eigenvalue weighted by atomic mass is 10.2. The van der Waals surface area contributed by atoms with Crippen LogP contribution in [-0.4, -0.2) is 37.4 Å². The number of pyridine rings is 1. The van der Waals surface area contributed by atoms with Crippen molar-refractivity contribution in [2.75, 3.05) is 6.61 Å². The summed E-state index contributed by atoms with van der Waals surface area (Å²) in [4.78, 5) is 15.9. The number of aryl methyl sites for hydroxylation is 1. The van der Waals surface area contributed by atoms with Crippen LogP contribution >= 0.6 is 0 Å². The minimum absolute atomic E-state index is 0.234. The predicted octanol–water partition coefficient (Wildman–Crippen LogP) is -0.516. The Bertz CT molecular complexity index is 669. The minimum atomic E-state index is -0.270. The third-order valence-electron chi connectivity index (χ3n) is 2.52. The zero-order chi connectivity index (χ0) is 14.4. The summed E-state index contributed by atoms with van der Waals surface area (Å²) in [5.41, 5.74) is 0.974. The Labute approximate surface area is 115 Å². The van der Waals surface area contributed by atoms with Gasteiger partial charge < -0.3 is 15.0 Å². The molecule has 0 spiro atoms. The van der Waals surface area contributed by atoms with Gasteiger partial charge in [-0.05, 0) is 6.07 Å². The average Bonchev–Trinajstić information content (AvgIpc) is 2.88. The number of rotatable bonds is 3. The molecule has 2 aromatic heterocycles. The van der Waals surface area contributed by atoms with Crippen LogP contribution in [0.25, 0.3) is 0 Å². The van der Waals surface area contributed by atoms with E-state index in [4.69, 9.17) is 5.11 Å². The molecule has 2 aromatic rings. The number of carbonyl (C=O) groups is 1. The molecule has 0 radical (unpaired) electrons. The number of amides is 1. The number of carbonyl (C=O) groups excluding carboxylic acids is 1. The first kappa shape index (κ1) is 13.7. The number of aromatic nitrogens is 4. The maximum atomic E-state index is 12.0. The predicted molar refractivity (Wildman–Crippen MR) is 70.4 cm³/mol. The molecule has 2 heterocycles. The molecule has 102 valence electrons. The van der Waals surface area contributed by atoms with Gasteiger partial charge in [-0.3, -0.25) is 9.78 Å². The largest absolute Gasteiger partial charge is 0.384 e. The lowest BCUT2D eigenvalue weighted by Gasteiger charge is -2.04. The summed E-state index contributed by atoms with van der Waals surface area (Å²) in [5.74, 6) is 5.59. The van der Waals surface area contributed by atoms with E-state index in [0.29, 0.717) is 17.0 Å². The average molecular weight is 271 g/mol. The summed E-state index contributed by atoms with van der Waals surface area (Å²) in [7, 11) is 1.80. The van der Waals surface area contributed by atoms with Crippen LogP contribution in [-0.2, 0) is 13.6 Å². The fraction of sp³-hybridized carbons (Fsp3) is 0.231. The molecule has 7 nitrogen and oxygen atoms in total. The summed E-state index contributed by atoms with van der Waals surface area (Å²) in [5, 5.41) is 19.0. The number of nitrogens with zero attached hydrogens (tertiary/aromatic N) is 4. The highest BCUT2D eigenvalue weighted by molar-refractivity contribution is 5.94. The van der Waals surface area contributed by atoms with Crippen LogP contribution in [0, 0.1) is 11.8 Å². The third-order valence-corrected chi connectivity index (χ3v) is 2.52. The Hall–Kier alpha value is -2.72. The molecule has 0 aliphatic carbocycles. The Morgan fingerprint density at radius 2 is 2.35 bits per heavy atom. The molecule has 0 aliphatic rings. The quantitative estimate of drug-likeness (QED) is 0.733. The molecule has 0 aromatic carbocycles. The summed E-state index contributed by atoms with van der Waals surface area (Å²) in [6, 6.07) is 1.61. The van der Waals surface area contributed by atoms with Crippen molar-refractivity contribution in [1.29, 1.82) is 0 Å². The molecule has 0 saturated carbocycles. The number of aliphatic hydroxyl groups excluding tert-OH is 1. The van der Waals surface area contributed by atoms with Gasteiger partial charge in [0.25, 0.3) is 5.91 Å². The highest BCUT2D eigenvalue weighted by Gasteiger charge is 2.08. The van der Waals surface area contributed by atoms with Gasteiger partial charge in [0.05, 0.1) is 12.1 Å². The fourth-order valence-electron chi connectivity index (χ4n) is 1.50. The smallest absolute Gasteiger partial charge is 0.253 e. The first-order valence-corrected chi connectivity index (χ1v) is 5.86. The second kappa shape index (κ2) is 6.45. The SMILES string of the molecule is Cn1cnnc1CNC(=O)c1cncc(C#CCO)c1. The van der Waals surface area contributed by atoms with Crippen molar-refractivity contribution in [1.82, 2.24) is 25.1 Å². The van der Waals surface area contributed by atoms with Crippen molar-refractivity contribution >= 4 is 5.91 Å². The topological polar surface area (TPSA) is 92.9 Å². The van der Waals surface area contributed by atoms with Gasteiger partial charge in [0.15, 0.2) is 5.82 Å². The lowest BCUT2D eigenvalue weighted by Crippen LogP contribution is -2.24. The molecule has 0 bridgehead atoms. The monoisotopic (exact) mass is 271 g/mol. The van der Waals surface area contributed by atoms with Gasteiger partial charge in [-0.25, -0.2) is 0 Å². The second-order valence-electron chi connectivity index (χ2n) is 3.96. The molecule has 2 rings (SSSR count). The van der Waals surface area contributed by atoms with Gasteiger partial charge in [-0.15, -0.1) is 10.2 Å². The molecule has 0 unspecified atom stereocenters. The third kappa shape index (κ3) is 3.40. The van der Waals surface area contributed by atoms with Gasteiger partial charge in [0, 0.05) is 25.0 Å². The van der Waals surface area contributed by atoms with E-state index in [-0.39, 0.29) is 19.1 Å². The molecule has 0 aliphatic heterocycles. The zero-order valence-corrected chi connectivity index (χ0v) is 10.9. The molecule has 0 fully saturated rings. The van der Waals surface area contributed by atoms with Crippen LogP contribution in [0.4, 0.5) is 0 Å². The normalized spacial score (nSPS) is 9.70. The van der Waals surface area contributed by atoms with Crippen molar-refractivity contribution in [2.24, 2.45) is 7.05 Å². The van der Waals surface area contributed by atoms with Crippen molar-refractivity contribution in [2.45, 2.75) is 6.54 Å². The first-order chi connectivity index (χ1) is 9.70. The zero-order valence-electron chi connectivity index (χ0n) is 10.9. The Morgan fingerprint density at radius 1 is 1.50 bits per heavy atom. The Kier molecular flexibility index (Phi) is 4.42. The van der Waals surface area contributed by atoms with Crippen LogP contribution in [0.1, 0.15) is 21.7 Å². The second-order valence-corrected chi connectivity index (χ2v) is 3.96. The summed E-state index contributed by atoms with van der Waals surface area (Å²) in [6.07, 6.45) is 4.55. The van der Waals surface area contributed by atoms with E-state index in [9.17, 15) is 4.79 Å². The highest BCUT2D eigenvalue weighted by atomic mass is 16.2. The maximum absolute atomic E-state index is 12.0. The van der Waals surface area contributed by atoms with Gasteiger partial charge in [-0.2, -0.15) is 0 Å². The summed E-state index contributed by atoms with van der Waals surface area (Å²) >= 11 is 0. The number of nitrogens with one attached hydrogen (secondary N) is 1. The van der Waals surface area contributed by atoms with Crippen molar-refractivity contribution in [3.05, 3.63) is 41.7 Å². The van der Waals surface area contributed by atoms with Gasteiger partial charge >= 0.3 is 0 Å². The summed E-state index contributed by atoms with van der Waals surface area (Å²) < 4.78 is 1.72. The van der Waals surface area contributed by atoms with E-state index in [1.165, 1.54) is 12.4 Å². The van der Waals surface area contributed by atoms with Crippen molar-refractivity contribution < 1.29 is 9.90 Å². The highest BCUT2D eigenvalue weighted by Crippen LogP contribution is 2.02. The molecule has 0 saturated heterocycles. The number of hydrogen-bond donors (Lipinski definition) is 2. The van der Waals surface area contributed by atoms with E-state index in [1.54, 1.807) is 24.0 Å². The minimum Gasteiger partial charge on any atom is -0.384 e. The van der Waals surface area contributed by atoms with Gasteiger partial charge in [0.1, 0.15) is 12.9 Å². The van der Waals surface area contributed by atoms with Crippen molar-refractivity contribution in [3.8, 4) is 11.8 Å². The van der Waals surface area contributed by atoms with Crippen LogP contribution in [0.2, 0.25) is 0 Å².